The fraction of sp³-hybridized carbons (Fsp3) is 0.682. The average molecular weight is 386 g/mol. The van der Waals surface area contributed by atoms with Crippen LogP contribution in [0.5, 0.6) is 0 Å². The highest BCUT2D eigenvalue weighted by atomic mass is 16.6. The van der Waals surface area contributed by atoms with Gasteiger partial charge in [0.05, 0.1) is 5.41 Å². The molecule has 6 heteroatoms. The summed E-state index contributed by atoms with van der Waals surface area (Å²) in [4.78, 5) is 32.3. The van der Waals surface area contributed by atoms with E-state index >= 15 is 0 Å². The maximum atomic E-state index is 13.6. The molecule has 1 N–H and O–H groups in total. The fourth-order valence-corrected chi connectivity index (χ4v) is 5.43. The van der Waals surface area contributed by atoms with Crippen LogP contribution in [-0.2, 0) is 22.5 Å². The zero-order valence-electron chi connectivity index (χ0n) is 17.2. The summed E-state index contributed by atoms with van der Waals surface area (Å²) in [7, 11) is 0. The lowest BCUT2D eigenvalue weighted by molar-refractivity contribution is -0.144. The molecule has 0 saturated heterocycles. The Bertz CT molecular complexity index is 773. The first-order valence-electron chi connectivity index (χ1n) is 10.5. The van der Waals surface area contributed by atoms with Crippen LogP contribution in [0.4, 0.5) is 4.79 Å². The largest absolute Gasteiger partial charge is 0.444 e. The Morgan fingerprint density at radius 1 is 1.36 bits per heavy atom. The van der Waals surface area contributed by atoms with Crippen molar-refractivity contribution >= 4 is 12.0 Å². The molecule has 3 atom stereocenters. The van der Waals surface area contributed by atoms with E-state index in [1.165, 1.54) is 0 Å². The lowest BCUT2D eigenvalue weighted by atomic mass is 9.78. The number of ether oxygens (including phenoxy) is 1. The van der Waals surface area contributed by atoms with Crippen molar-refractivity contribution in [1.82, 2.24) is 15.2 Å². The molecule has 2 fully saturated rings. The molecular weight excluding hydrogens is 354 g/mol. The molecule has 2 amide bonds. The van der Waals surface area contributed by atoms with E-state index in [1.54, 1.807) is 0 Å². The third-order valence-electron chi connectivity index (χ3n) is 6.53. The van der Waals surface area contributed by atoms with Gasteiger partial charge in [-0.3, -0.25) is 9.78 Å². The second-order valence-electron chi connectivity index (χ2n) is 9.61. The number of pyridine rings is 1. The van der Waals surface area contributed by atoms with Gasteiger partial charge in [0.1, 0.15) is 5.60 Å². The molecule has 0 spiro atoms. The summed E-state index contributed by atoms with van der Waals surface area (Å²) in [5.74, 6) is 0.633. The molecular formula is C22H31N3O3. The zero-order valence-corrected chi connectivity index (χ0v) is 17.2. The Morgan fingerprint density at radius 2 is 2.18 bits per heavy atom. The van der Waals surface area contributed by atoms with E-state index in [0.29, 0.717) is 12.5 Å². The maximum Gasteiger partial charge on any atom is 0.407 e. The summed E-state index contributed by atoms with van der Waals surface area (Å²) in [6.07, 6.45) is 6.97. The summed E-state index contributed by atoms with van der Waals surface area (Å²) in [6.45, 7) is 6.99. The van der Waals surface area contributed by atoms with Crippen LogP contribution < -0.4 is 5.32 Å². The second-order valence-corrected chi connectivity index (χ2v) is 9.61. The summed E-state index contributed by atoms with van der Waals surface area (Å²) >= 11 is 0. The normalized spacial score (nSPS) is 29.2. The van der Waals surface area contributed by atoms with Crippen LogP contribution in [0.25, 0.3) is 0 Å². The van der Waals surface area contributed by atoms with Gasteiger partial charge in [-0.1, -0.05) is 12.5 Å². The molecule has 28 heavy (non-hydrogen) atoms. The number of carbonyl (C=O) groups is 2. The van der Waals surface area contributed by atoms with Crippen LogP contribution in [0.3, 0.4) is 0 Å². The number of fused-ring (bicyclic) bond motifs is 2. The summed E-state index contributed by atoms with van der Waals surface area (Å²) in [5.41, 5.74) is 1.44. The van der Waals surface area contributed by atoms with Crippen LogP contribution in [0.1, 0.15) is 64.1 Å². The Balaban J connectivity index is 1.46. The zero-order chi connectivity index (χ0) is 19.9. The molecule has 1 aromatic rings. The van der Waals surface area contributed by atoms with Gasteiger partial charge in [-0.15, -0.1) is 0 Å². The monoisotopic (exact) mass is 385 g/mol. The first-order valence-corrected chi connectivity index (χ1v) is 10.5. The van der Waals surface area contributed by atoms with Gasteiger partial charge < -0.3 is 15.0 Å². The van der Waals surface area contributed by atoms with Gasteiger partial charge in [0.2, 0.25) is 5.91 Å². The standard InChI is InChI=1S/C22H31N3O3/c1-21(2,3)28-20(27)24-17-12-16-7-4-9-22(16,13-17)19(26)25-11-8-18-15(14-25)6-5-10-23-18/h5-6,10,16-17H,4,7-9,11-14H2,1-3H3,(H,24,27)/t16-,17-,22-/m1/s1. The molecule has 2 aliphatic carbocycles. The van der Waals surface area contributed by atoms with E-state index in [0.717, 1.165) is 56.3 Å². The Kier molecular flexibility index (Phi) is 4.84. The average Bonchev–Trinajstić information content (AvgIpc) is 3.16. The summed E-state index contributed by atoms with van der Waals surface area (Å²) in [5, 5.41) is 3.02. The van der Waals surface area contributed by atoms with E-state index in [2.05, 4.69) is 16.4 Å². The van der Waals surface area contributed by atoms with Crippen LogP contribution in [0, 0.1) is 11.3 Å². The van der Waals surface area contributed by atoms with Crippen LogP contribution in [-0.4, -0.2) is 40.1 Å². The van der Waals surface area contributed by atoms with Crippen molar-refractivity contribution in [2.45, 2.75) is 77.5 Å². The second kappa shape index (κ2) is 7.05. The van der Waals surface area contributed by atoms with Crippen molar-refractivity contribution in [2.75, 3.05) is 6.54 Å². The third-order valence-corrected chi connectivity index (χ3v) is 6.53. The molecule has 6 nitrogen and oxygen atoms in total. The van der Waals surface area contributed by atoms with Crippen molar-refractivity contribution in [3.63, 3.8) is 0 Å². The van der Waals surface area contributed by atoms with E-state index in [1.807, 2.05) is 37.9 Å². The molecule has 4 rings (SSSR count). The topological polar surface area (TPSA) is 71.5 Å². The molecule has 3 aliphatic rings. The summed E-state index contributed by atoms with van der Waals surface area (Å²) in [6, 6.07) is 4.04. The van der Waals surface area contributed by atoms with Crippen molar-refractivity contribution in [1.29, 1.82) is 0 Å². The quantitative estimate of drug-likeness (QED) is 0.846. The lowest BCUT2D eigenvalue weighted by Gasteiger charge is -2.37. The molecule has 152 valence electrons. The van der Waals surface area contributed by atoms with Crippen molar-refractivity contribution in [2.24, 2.45) is 11.3 Å². The van der Waals surface area contributed by atoms with Gasteiger partial charge in [0.25, 0.3) is 0 Å². The van der Waals surface area contributed by atoms with E-state index in [4.69, 9.17) is 4.74 Å². The number of aromatic nitrogens is 1. The molecule has 2 heterocycles. The van der Waals surface area contributed by atoms with Crippen LogP contribution >= 0.6 is 0 Å². The van der Waals surface area contributed by atoms with E-state index < -0.39 is 5.60 Å². The number of hydrogen-bond acceptors (Lipinski definition) is 4. The highest BCUT2D eigenvalue weighted by molar-refractivity contribution is 5.84. The number of alkyl carbamates (subject to hydrolysis) is 1. The molecule has 0 unspecified atom stereocenters. The smallest absolute Gasteiger partial charge is 0.407 e. The minimum Gasteiger partial charge on any atom is -0.444 e. The SMILES string of the molecule is CC(C)(C)OC(=O)N[C@@H]1C[C@H]2CCC[C@@]2(C(=O)N2CCc3ncccc3C2)C1. The number of rotatable bonds is 2. The van der Waals surface area contributed by atoms with Crippen LogP contribution in [0.2, 0.25) is 0 Å². The Labute approximate surface area is 167 Å². The predicted octanol–water partition coefficient (Wildman–Crippen LogP) is 3.44. The van der Waals surface area contributed by atoms with Crippen LogP contribution in [0.15, 0.2) is 18.3 Å². The van der Waals surface area contributed by atoms with E-state index in [-0.39, 0.29) is 23.5 Å². The van der Waals surface area contributed by atoms with Crippen molar-refractivity contribution < 1.29 is 14.3 Å². The lowest BCUT2D eigenvalue weighted by Crippen LogP contribution is -2.47. The number of hydrogen-bond donors (Lipinski definition) is 1. The number of nitrogens with one attached hydrogen (secondary N) is 1. The summed E-state index contributed by atoms with van der Waals surface area (Å²) < 4.78 is 5.42. The molecule has 1 aliphatic heterocycles. The number of amides is 2. The van der Waals surface area contributed by atoms with Crippen molar-refractivity contribution in [3.05, 3.63) is 29.6 Å². The van der Waals surface area contributed by atoms with Gasteiger partial charge in [-0.25, -0.2) is 4.79 Å². The number of nitrogens with zero attached hydrogens (tertiary/aromatic N) is 2. The van der Waals surface area contributed by atoms with Gasteiger partial charge in [0.15, 0.2) is 0 Å². The fourth-order valence-electron chi connectivity index (χ4n) is 5.43. The highest BCUT2D eigenvalue weighted by Crippen LogP contribution is 2.55. The predicted molar refractivity (Wildman–Crippen MR) is 106 cm³/mol. The first kappa shape index (κ1) is 19.2. The maximum absolute atomic E-state index is 13.6. The van der Waals surface area contributed by atoms with E-state index in [9.17, 15) is 9.59 Å². The van der Waals surface area contributed by atoms with Gasteiger partial charge >= 0.3 is 6.09 Å². The Hall–Kier alpha value is -2.11. The highest BCUT2D eigenvalue weighted by Gasteiger charge is 2.56. The third kappa shape index (κ3) is 3.61. The molecule has 0 radical (unpaired) electrons. The Morgan fingerprint density at radius 3 is 2.96 bits per heavy atom. The molecule has 2 saturated carbocycles. The first-order chi connectivity index (χ1) is 13.3. The molecule has 1 aromatic heterocycles. The van der Waals surface area contributed by atoms with Gasteiger partial charge in [-0.2, -0.15) is 0 Å². The minimum absolute atomic E-state index is 0.0165. The molecule has 0 bridgehead atoms. The number of carbonyl (C=O) groups excluding carboxylic acids is 2. The van der Waals surface area contributed by atoms with Crippen molar-refractivity contribution in [3.8, 4) is 0 Å². The molecule has 0 aromatic carbocycles. The van der Waals surface area contributed by atoms with Gasteiger partial charge in [0, 0.05) is 37.4 Å². The van der Waals surface area contributed by atoms with Gasteiger partial charge in [-0.05, 0) is 64.0 Å². The minimum atomic E-state index is -0.513.